The van der Waals surface area contributed by atoms with Crippen LogP contribution in [0.1, 0.15) is 18.1 Å². The smallest absolute Gasteiger partial charge is 0.243 e. The fourth-order valence-corrected chi connectivity index (χ4v) is 3.21. The van der Waals surface area contributed by atoms with Gasteiger partial charge >= 0.3 is 0 Å². The van der Waals surface area contributed by atoms with E-state index >= 15 is 0 Å². The van der Waals surface area contributed by atoms with Gasteiger partial charge in [-0.25, -0.2) is 8.42 Å². The number of aryl methyl sites for hydroxylation is 2. The first-order valence-corrected chi connectivity index (χ1v) is 7.00. The van der Waals surface area contributed by atoms with Gasteiger partial charge in [-0.05, 0) is 38.0 Å². The fraction of sp³-hybridized carbons (Fsp3) is 0.500. The first-order valence-electron chi connectivity index (χ1n) is 5.56. The van der Waals surface area contributed by atoms with Crippen molar-refractivity contribution >= 4 is 22.4 Å². The first kappa shape index (κ1) is 17.4. The van der Waals surface area contributed by atoms with Crippen molar-refractivity contribution in [3.63, 3.8) is 0 Å². The molecule has 1 aromatic carbocycles. The summed E-state index contributed by atoms with van der Waals surface area (Å²) in [5.74, 6) is 0. The normalized spacial score (nSPS) is 13.2. The summed E-state index contributed by atoms with van der Waals surface area (Å²) < 4.78 is 26.1. The van der Waals surface area contributed by atoms with E-state index in [1.165, 1.54) is 4.31 Å². The van der Waals surface area contributed by atoms with Crippen LogP contribution >= 0.6 is 12.4 Å². The highest BCUT2D eigenvalue weighted by atomic mass is 35.5. The van der Waals surface area contributed by atoms with Crippen molar-refractivity contribution in [2.45, 2.75) is 31.7 Å². The molecular formula is C12H21ClN2O2S. The third-order valence-corrected chi connectivity index (χ3v) is 5.08. The van der Waals surface area contributed by atoms with Gasteiger partial charge in [-0.2, -0.15) is 4.31 Å². The molecule has 1 unspecified atom stereocenters. The zero-order valence-electron chi connectivity index (χ0n) is 11.2. The van der Waals surface area contributed by atoms with E-state index in [0.717, 1.165) is 11.1 Å². The Morgan fingerprint density at radius 1 is 1.33 bits per heavy atom. The molecule has 18 heavy (non-hydrogen) atoms. The molecule has 0 fully saturated rings. The molecule has 0 amide bonds. The zero-order valence-corrected chi connectivity index (χ0v) is 12.8. The second kappa shape index (κ2) is 6.52. The lowest BCUT2D eigenvalue weighted by molar-refractivity contribution is 0.394. The van der Waals surface area contributed by atoms with E-state index in [0.29, 0.717) is 11.4 Å². The van der Waals surface area contributed by atoms with Crippen LogP contribution in [0.5, 0.6) is 0 Å². The van der Waals surface area contributed by atoms with Gasteiger partial charge in [0.1, 0.15) is 0 Å². The Balaban J connectivity index is 0.00000289. The van der Waals surface area contributed by atoms with Crippen LogP contribution in [0, 0.1) is 13.8 Å². The molecule has 0 aliphatic heterocycles. The Bertz CT molecular complexity index is 503. The van der Waals surface area contributed by atoms with Crippen LogP contribution in [0.3, 0.4) is 0 Å². The highest BCUT2D eigenvalue weighted by molar-refractivity contribution is 7.89. The average molecular weight is 293 g/mol. The van der Waals surface area contributed by atoms with Gasteiger partial charge in [-0.3, -0.25) is 0 Å². The minimum absolute atomic E-state index is 0. The van der Waals surface area contributed by atoms with Crippen LogP contribution in [-0.2, 0) is 10.0 Å². The highest BCUT2D eigenvalue weighted by Crippen LogP contribution is 2.21. The molecule has 1 atom stereocenters. The van der Waals surface area contributed by atoms with Gasteiger partial charge in [0, 0.05) is 19.6 Å². The maximum Gasteiger partial charge on any atom is 0.243 e. The molecule has 0 spiro atoms. The molecule has 0 bridgehead atoms. The van der Waals surface area contributed by atoms with Gasteiger partial charge in [0.2, 0.25) is 10.0 Å². The van der Waals surface area contributed by atoms with Crippen LogP contribution in [-0.4, -0.2) is 32.4 Å². The van der Waals surface area contributed by atoms with Crippen LogP contribution < -0.4 is 5.73 Å². The van der Waals surface area contributed by atoms with E-state index in [4.69, 9.17) is 5.73 Å². The number of nitrogens with two attached hydrogens (primary N) is 1. The summed E-state index contributed by atoms with van der Waals surface area (Å²) in [6, 6.07) is 5.22. The summed E-state index contributed by atoms with van der Waals surface area (Å²) >= 11 is 0. The molecule has 2 N–H and O–H groups in total. The van der Waals surface area contributed by atoms with E-state index in [1.807, 2.05) is 19.1 Å². The number of halogens is 1. The number of hydrogen-bond donors (Lipinski definition) is 1. The SMILES string of the molecule is Cc1ccc(C)c(S(=O)(=O)N(C)C(C)CN)c1.Cl. The lowest BCUT2D eigenvalue weighted by Gasteiger charge is -2.24. The second-order valence-corrected chi connectivity index (χ2v) is 6.34. The Morgan fingerprint density at radius 3 is 2.39 bits per heavy atom. The summed E-state index contributed by atoms with van der Waals surface area (Å²) in [5, 5.41) is 0. The van der Waals surface area contributed by atoms with Crippen molar-refractivity contribution in [3.8, 4) is 0 Å². The van der Waals surface area contributed by atoms with E-state index in [9.17, 15) is 8.42 Å². The Kier molecular flexibility index (Phi) is 6.29. The Morgan fingerprint density at radius 2 is 1.89 bits per heavy atom. The van der Waals surface area contributed by atoms with Crippen molar-refractivity contribution in [1.29, 1.82) is 0 Å². The topological polar surface area (TPSA) is 63.4 Å². The van der Waals surface area contributed by atoms with Crippen LogP contribution in [0.2, 0.25) is 0 Å². The van der Waals surface area contributed by atoms with E-state index in [1.54, 1.807) is 27.0 Å². The Hall–Kier alpha value is -0.620. The molecule has 1 rings (SSSR count). The minimum Gasteiger partial charge on any atom is -0.329 e. The van der Waals surface area contributed by atoms with Crippen LogP contribution in [0.15, 0.2) is 23.1 Å². The number of sulfonamides is 1. The van der Waals surface area contributed by atoms with Gasteiger partial charge in [-0.1, -0.05) is 12.1 Å². The molecule has 0 saturated heterocycles. The molecule has 0 aliphatic carbocycles. The predicted molar refractivity (Wildman–Crippen MR) is 76.6 cm³/mol. The fourth-order valence-electron chi connectivity index (χ4n) is 1.53. The molecule has 0 radical (unpaired) electrons. The maximum atomic E-state index is 12.4. The molecule has 0 aliphatic rings. The molecular weight excluding hydrogens is 272 g/mol. The van der Waals surface area contributed by atoms with Crippen molar-refractivity contribution < 1.29 is 8.42 Å². The maximum absolute atomic E-state index is 12.4. The summed E-state index contributed by atoms with van der Waals surface area (Å²) in [7, 11) is -1.89. The first-order chi connectivity index (χ1) is 7.80. The third kappa shape index (κ3) is 3.45. The molecule has 1 aromatic rings. The lowest BCUT2D eigenvalue weighted by Crippen LogP contribution is -2.39. The van der Waals surface area contributed by atoms with Gasteiger partial charge in [0.15, 0.2) is 0 Å². The van der Waals surface area contributed by atoms with Crippen molar-refractivity contribution in [1.82, 2.24) is 4.31 Å². The largest absolute Gasteiger partial charge is 0.329 e. The molecule has 4 nitrogen and oxygen atoms in total. The minimum atomic E-state index is -3.45. The Labute approximate surface area is 116 Å². The van der Waals surface area contributed by atoms with Crippen LogP contribution in [0.4, 0.5) is 0 Å². The number of benzene rings is 1. The summed E-state index contributed by atoms with van der Waals surface area (Å²) in [6.45, 7) is 5.78. The molecule has 0 heterocycles. The molecule has 0 saturated carbocycles. The standard InChI is InChI=1S/C12H20N2O2S.ClH/c1-9-5-6-10(2)12(7-9)17(15,16)14(4)11(3)8-13;/h5-7,11H,8,13H2,1-4H3;1H. The van der Waals surface area contributed by atoms with E-state index in [-0.39, 0.29) is 18.4 Å². The number of likely N-dealkylation sites (N-methyl/N-ethyl adjacent to an activating group) is 1. The van der Waals surface area contributed by atoms with E-state index in [2.05, 4.69) is 0 Å². The van der Waals surface area contributed by atoms with Gasteiger partial charge in [-0.15, -0.1) is 12.4 Å². The van der Waals surface area contributed by atoms with Crippen molar-refractivity contribution in [2.24, 2.45) is 5.73 Å². The van der Waals surface area contributed by atoms with Crippen LogP contribution in [0.25, 0.3) is 0 Å². The highest BCUT2D eigenvalue weighted by Gasteiger charge is 2.26. The predicted octanol–water partition coefficient (Wildman–Crippen LogP) is 1.69. The lowest BCUT2D eigenvalue weighted by atomic mass is 10.2. The molecule has 6 heteroatoms. The molecule has 0 aromatic heterocycles. The quantitative estimate of drug-likeness (QED) is 0.918. The summed E-state index contributed by atoms with van der Waals surface area (Å²) in [4.78, 5) is 0.361. The second-order valence-electron chi connectivity index (χ2n) is 4.37. The van der Waals surface area contributed by atoms with E-state index < -0.39 is 10.0 Å². The van der Waals surface area contributed by atoms with Crippen molar-refractivity contribution in [3.05, 3.63) is 29.3 Å². The monoisotopic (exact) mass is 292 g/mol. The molecule has 104 valence electrons. The zero-order chi connectivity index (χ0) is 13.2. The number of nitrogens with zero attached hydrogens (tertiary/aromatic N) is 1. The third-order valence-electron chi connectivity index (χ3n) is 2.96. The summed E-state index contributed by atoms with van der Waals surface area (Å²) in [6.07, 6.45) is 0. The van der Waals surface area contributed by atoms with Crippen molar-refractivity contribution in [2.75, 3.05) is 13.6 Å². The van der Waals surface area contributed by atoms with Gasteiger partial charge < -0.3 is 5.73 Å². The number of rotatable bonds is 4. The summed E-state index contributed by atoms with van der Waals surface area (Å²) in [5.41, 5.74) is 7.20. The number of hydrogen-bond acceptors (Lipinski definition) is 3. The average Bonchev–Trinajstić information content (AvgIpc) is 2.30. The van der Waals surface area contributed by atoms with Gasteiger partial charge in [0.05, 0.1) is 4.90 Å². The van der Waals surface area contributed by atoms with Gasteiger partial charge in [0.25, 0.3) is 0 Å².